The van der Waals surface area contributed by atoms with Crippen LogP contribution in [-0.2, 0) is 10.3 Å². The Hall–Kier alpha value is -1.48. The van der Waals surface area contributed by atoms with Crippen LogP contribution in [0.3, 0.4) is 0 Å². The second-order valence-electron chi connectivity index (χ2n) is 6.60. The summed E-state index contributed by atoms with van der Waals surface area (Å²) in [6.45, 7) is 5.89. The van der Waals surface area contributed by atoms with E-state index in [0.717, 1.165) is 28.7 Å². The summed E-state index contributed by atoms with van der Waals surface area (Å²) in [7, 11) is 0. The quantitative estimate of drug-likeness (QED) is 0.791. The third kappa shape index (κ3) is 3.94. The van der Waals surface area contributed by atoms with Crippen LogP contribution in [0.15, 0.2) is 10.5 Å². The van der Waals surface area contributed by atoms with Crippen LogP contribution >= 0.6 is 23.1 Å². The Morgan fingerprint density at radius 1 is 1.46 bits per heavy atom. The third-order valence-electron chi connectivity index (χ3n) is 4.07. The Labute approximate surface area is 149 Å². The molecule has 1 fully saturated rings. The number of carbonyl (C=O) groups excluding carboxylic acids is 1. The minimum atomic E-state index is -0.478. The smallest absolute Gasteiger partial charge is 0.231 e. The van der Waals surface area contributed by atoms with Gasteiger partial charge in [0.25, 0.3) is 0 Å². The number of rotatable bonds is 6. The lowest BCUT2D eigenvalue weighted by molar-refractivity contribution is -0.120. The second kappa shape index (κ2) is 7.18. The molecular formula is C15H22N6OS2. The van der Waals surface area contributed by atoms with Crippen molar-refractivity contribution in [1.29, 1.82) is 0 Å². The number of nitrogens with zero attached hydrogens (tertiary/aromatic N) is 5. The van der Waals surface area contributed by atoms with E-state index in [9.17, 15) is 4.79 Å². The van der Waals surface area contributed by atoms with Crippen molar-refractivity contribution in [1.82, 2.24) is 30.5 Å². The highest BCUT2D eigenvalue weighted by molar-refractivity contribution is 7.99. The molecule has 3 rings (SSSR count). The zero-order valence-corrected chi connectivity index (χ0v) is 15.8. The number of hydrogen-bond donors (Lipinski definition) is 1. The molecule has 2 heterocycles. The third-order valence-corrected chi connectivity index (χ3v) is 6.29. The highest BCUT2D eigenvalue weighted by Gasteiger charge is 2.27. The minimum Gasteiger partial charge on any atom is -0.344 e. The van der Waals surface area contributed by atoms with E-state index in [1.807, 2.05) is 30.8 Å². The van der Waals surface area contributed by atoms with E-state index < -0.39 is 5.54 Å². The first-order valence-corrected chi connectivity index (χ1v) is 9.96. The number of tetrazole rings is 1. The van der Waals surface area contributed by atoms with Crippen LogP contribution in [-0.4, -0.2) is 36.9 Å². The molecule has 1 aliphatic carbocycles. The molecule has 2 aromatic rings. The molecule has 130 valence electrons. The highest BCUT2D eigenvalue weighted by atomic mass is 32.2. The monoisotopic (exact) mass is 366 g/mol. The Bertz CT molecular complexity index is 704. The van der Waals surface area contributed by atoms with Gasteiger partial charge in [0, 0.05) is 11.1 Å². The number of aromatic nitrogens is 5. The van der Waals surface area contributed by atoms with Crippen LogP contribution in [0.1, 0.15) is 56.3 Å². The van der Waals surface area contributed by atoms with Gasteiger partial charge in [0.1, 0.15) is 5.01 Å². The van der Waals surface area contributed by atoms with Crippen molar-refractivity contribution in [2.45, 2.75) is 63.2 Å². The van der Waals surface area contributed by atoms with Gasteiger partial charge in [0.05, 0.1) is 17.3 Å². The van der Waals surface area contributed by atoms with Gasteiger partial charge in [-0.3, -0.25) is 4.79 Å². The lowest BCUT2D eigenvalue weighted by atomic mass is 10.1. The van der Waals surface area contributed by atoms with Gasteiger partial charge in [0.2, 0.25) is 11.1 Å². The Morgan fingerprint density at radius 2 is 2.21 bits per heavy atom. The van der Waals surface area contributed by atoms with E-state index in [-0.39, 0.29) is 5.91 Å². The first kappa shape index (κ1) is 17.3. The van der Waals surface area contributed by atoms with Crippen molar-refractivity contribution in [2.24, 2.45) is 0 Å². The molecule has 1 amide bonds. The van der Waals surface area contributed by atoms with Crippen molar-refractivity contribution < 1.29 is 4.79 Å². The summed E-state index contributed by atoms with van der Waals surface area (Å²) in [4.78, 5) is 16.8. The van der Waals surface area contributed by atoms with Crippen LogP contribution in [0.25, 0.3) is 0 Å². The predicted octanol–water partition coefficient (Wildman–Crippen LogP) is 2.70. The number of carbonyl (C=O) groups is 1. The average Bonchev–Trinajstić information content (AvgIpc) is 3.25. The maximum atomic E-state index is 12.3. The normalized spacial score (nSPS) is 15.8. The number of nitrogens with one attached hydrogen (secondary N) is 1. The van der Waals surface area contributed by atoms with Gasteiger partial charge in [0.15, 0.2) is 0 Å². The fraction of sp³-hybridized carbons (Fsp3) is 0.667. The molecule has 9 heteroatoms. The summed E-state index contributed by atoms with van der Waals surface area (Å²) in [6, 6.07) is 0.375. The summed E-state index contributed by atoms with van der Waals surface area (Å²) in [5, 5.41) is 18.6. The molecule has 0 bridgehead atoms. The number of thioether (sulfide) groups is 1. The molecule has 0 saturated heterocycles. The lowest BCUT2D eigenvalue weighted by Gasteiger charge is -2.23. The number of thiazole rings is 1. The maximum Gasteiger partial charge on any atom is 0.231 e. The summed E-state index contributed by atoms with van der Waals surface area (Å²) < 4.78 is 1.88. The van der Waals surface area contributed by atoms with Gasteiger partial charge < -0.3 is 5.32 Å². The summed E-state index contributed by atoms with van der Waals surface area (Å²) in [5.41, 5.74) is 0.496. The molecule has 0 aromatic carbocycles. The lowest BCUT2D eigenvalue weighted by Crippen LogP contribution is -2.41. The molecule has 2 aromatic heterocycles. The highest BCUT2D eigenvalue weighted by Crippen LogP contribution is 2.31. The van der Waals surface area contributed by atoms with Gasteiger partial charge in [-0.2, -0.15) is 0 Å². The molecule has 1 aliphatic rings. The van der Waals surface area contributed by atoms with E-state index in [0.29, 0.717) is 11.8 Å². The first-order valence-electron chi connectivity index (χ1n) is 8.10. The number of hydrogen-bond acceptors (Lipinski definition) is 7. The molecule has 0 aliphatic heterocycles. The number of amides is 1. The Kier molecular flexibility index (Phi) is 5.19. The SMILES string of the molecule is Cc1csc(C(C)(C)NC(=O)CSc2nnnn2C2CCCC2)n1. The minimum absolute atomic E-state index is 0.0428. The van der Waals surface area contributed by atoms with Crippen molar-refractivity contribution in [3.05, 3.63) is 16.1 Å². The molecule has 0 radical (unpaired) electrons. The van der Waals surface area contributed by atoms with Crippen LogP contribution in [0.2, 0.25) is 0 Å². The first-order chi connectivity index (χ1) is 11.5. The fourth-order valence-corrected chi connectivity index (χ4v) is 4.49. The standard InChI is InChI=1S/C15H22N6OS2/c1-10-8-23-13(16-10)15(2,3)17-12(22)9-24-14-18-19-20-21(14)11-6-4-5-7-11/h8,11H,4-7,9H2,1-3H3,(H,17,22). The van der Waals surface area contributed by atoms with Crippen LogP contribution < -0.4 is 5.32 Å². The van der Waals surface area contributed by atoms with E-state index >= 15 is 0 Å². The van der Waals surface area contributed by atoms with Crippen molar-refractivity contribution >= 4 is 29.0 Å². The largest absolute Gasteiger partial charge is 0.344 e. The maximum absolute atomic E-state index is 12.3. The summed E-state index contributed by atoms with van der Waals surface area (Å²) in [6.07, 6.45) is 4.66. The zero-order chi connectivity index (χ0) is 17.2. The van der Waals surface area contributed by atoms with E-state index in [1.165, 1.54) is 24.6 Å². The Balaban J connectivity index is 1.57. The topological polar surface area (TPSA) is 85.6 Å². The van der Waals surface area contributed by atoms with Gasteiger partial charge >= 0.3 is 0 Å². The van der Waals surface area contributed by atoms with Crippen molar-refractivity contribution in [3.63, 3.8) is 0 Å². The molecule has 0 atom stereocenters. The van der Waals surface area contributed by atoms with Gasteiger partial charge in [-0.25, -0.2) is 9.67 Å². The molecule has 1 saturated carbocycles. The molecule has 24 heavy (non-hydrogen) atoms. The molecule has 7 nitrogen and oxygen atoms in total. The van der Waals surface area contributed by atoms with Gasteiger partial charge in [-0.05, 0) is 44.0 Å². The summed E-state index contributed by atoms with van der Waals surface area (Å²) in [5.74, 6) is 0.250. The van der Waals surface area contributed by atoms with Crippen LogP contribution in [0.5, 0.6) is 0 Å². The summed E-state index contributed by atoms with van der Waals surface area (Å²) >= 11 is 2.95. The molecule has 0 unspecified atom stereocenters. The van der Waals surface area contributed by atoms with Crippen LogP contribution in [0.4, 0.5) is 0 Å². The van der Waals surface area contributed by atoms with Crippen molar-refractivity contribution in [3.8, 4) is 0 Å². The second-order valence-corrected chi connectivity index (χ2v) is 8.40. The fourth-order valence-electron chi connectivity index (χ4n) is 2.87. The van der Waals surface area contributed by atoms with E-state index in [2.05, 4.69) is 25.8 Å². The average molecular weight is 367 g/mol. The van der Waals surface area contributed by atoms with Crippen LogP contribution in [0, 0.1) is 6.92 Å². The predicted molar refractivity (Wildman–Crippen MR) is 94.1 cm³/mol. The van der Waals surface area contributed by atoms with Gasteiger partial charge in [-0.1, -0.05) is 24.6 Å². The van der Waals surface area contributed by atoms with E-state index in [1.54, 1.807) is 11.3 Å². The van der Waals surface area contributed by atoms with Gasteiger partial charge in [-0.15, -0.1) is 16.4 Å². The number of aryl methyl sites for hydroxylation is 1. The molecule has 1 N–H and O–H groups in total. The Morgan fingerprint density at radius 3 is 2.88 bits per heavy atom. The zero-order valence-electron chi connectivity index (χ0n) is 14.2. The van der Waals surface area contributed by atoms with E-state index in [4.69, 9.17) is 0 Å². The van der Waals surface area contributed by atoms with Crippen molar-refractivity contribution in [2.75, 3.05) is 5.75 Å². The molecular weight excluding hydrogens is 344 g/mol. The molecule has 0 spiro atoms.